The highest BCUT2D eigenvalue weighted by Crippen LogP contribution is 2.34. The van der Waals surface area contributed by atoms with Crippen molar-refractivity contribution in [2.75, 3.05) is 19.7 Å². The molecule has 2 saturated heterocycles. The number of thiocarbonyl (C=S) groups is 1. The van der Waals surface area contributed by atoms with Crippen molar-refractivity contribution in [1.29, 1.82) is 0 Å². The first-order valence-electron chi connectivity index (χ1n) is 10.6. The molecule has 2 aliphatic rings. The number of carbonyl (C=O) groups excluding carboxylic acids is 2. The van der Waals surface area contributed by atoms with Crippen molar-refractivity contribution in [3.8, 4) is 0 Å². The molecule has 2 aromatic rings. The largest absolute Gasteiger partial charge is 0.376 e. The lowest BCUT2D eigenvalue weighted by atomic mass is 10.1. The van der Waals surface area contributed by atoms with E-state index in [0.717, 1.165) is 35.9 Å². The Kier molecular flexibility index (Phi) is 6.79. The van der Waals surface area contributed by atoms with Crippen molar-refractivity contribution in [1.82, 2.24) is 14.8 Å². The highest BCUT2D eigenvalue weighted by atomic mass is 32.2. The number of rotatable bonds is 7. The van der Waals surface area contributed by atoms with E-state index in [0.29, 0.717) is 28.2 Å². The van der Waals surface area contributed by atoms with Gasteiger partial charge in [-0.1, -0.05) is 56.0 Å². The Morgan fingerprint density at radius 2 is 2.19 bits per heavy atom. The Balaban J connectivity index is 1.54. The van der Waals surface area contributed by atoms with Crippen molar-refractivity contribution in [2.45, 2.75) is 39.3 Å². The fraction of sp³-hybridized carbons (Fsp3) is 0.435. The Morgan fingerprint density at radius 3 is 2.94 bits per heavy atom. The third kappa shape index (κ3) is 5.02. The number of thioether (sulfide) groups is 1. The molecule has 1 aromatic heterocycles. The second-order valence-corrected chi connectivity index (χ2v) is 10.0. The number of amides is 2. The molecule has 0 bridgehead atoms. The molecular weight excluding hydrogens is 430 g/mol. The number of hydrogen-bond acceptors (Lipinski definition) is 5. The number of nitrogens with one attached hydrogen (secondary N) is 1. The number of aromatic nitrogens is 1. The lowest BCUT2D eigenvalue weighted by Gasteiger charge is -2.16. The summed E-state index contributed by atoms with van der Waals surface area (Å²) in [6.07, 6.45) is 5.99. The van der Waals surface area contributed by atoms with Gasteiger partial charge in [-0.3, -0.25) is 14.5 Å². The number of carbonyl (C=O) groups is 2. The third-order valence-corrected chi connectivity index (χ3v) is 6.77. The number of hydrogen-bond donors (Lipinski definition) is 1. The first kappa shape index (κ1) is 22.0. The van der Waals surface area contributed by atoms with Crippen LogP contribution in [-0.4, -0.2) is 51.4 Å². The van der Waals surface area contributed by atoms with E-state index in [-0.39, 0.29) is 24.5 Å². The van der Waals surface area contributed by atoms with E-state index in [1.807, 2.05) is 41.1 Å². The summed E-state index contributed by atoms with van der Waals surface area (Å²) in [7, 11) is 0. The lowest BCUT2D eigenvalue weighted by molar-refractivity contribution is -0.123. The zero-order chi connectivity index (χ0) is 22.0. The zero-order valence-electron chi connectivity index (χ0n) is 17.8. The minimum absolute atomic E-state index is 0.0464. The van der Waals surface area contributed by atoms with Gasteiger partial charge in [0.1, 0.15) is 10.9 Å². The summed E-state index contributed by atoms with van der Waals surface area (Å²) in [6.45, 7) is 6.29. The molecule has 4 rings (SSSR count). The van der Waals surface area contributed by atoms with Crippen LogP contribution >= 0.6 is 24.0 Å². The number of para-hydroxylation sites is 1. The molecule has 6 nitrogen and oxygen atoms in total. The molecule has 2 amide bonds. The van der Waals surface area contributed by atoms with Gasteiger partial charge in [0.25, 0.3) is 5.91 Å². The summed E-state index contributed by atoms with van der Waals surface area (Å²) >= 11 is 6.76. The highest BCUT2D eigenvalue weighted by Gasteiger charge is 2.32. The van der Waals surface area contributed by atoms with Crippen molar-refractivity contribution in [2.24, 2.45) is 5.92 Å². The summed E-state index contributed by atoms with van der Waals surface area (Å²) in [5, 5.41) is 3.98. The van der Waals surface area contributed by atoms with Crippen LogP contribution in [0.2, 0.25) is 0 Å². The monoisotopic (exact) mass is 457 g/mol. The molecule has 164 valence electrons. The van der Waals surface area contributed by atoms with Gasteiger partial charge in [-0.2, -0.15) is 0 Å². The van der Waals surface area contributed by atoms with Crippen molar-refractivity contribution in [3.63, 3.8) is 0 Å². The molecule has 2 fully saturated rings. The molecule has 0 aliphatic carbocycles. The SMILES string of the molecule is CC(C)CN1C(=O)/C(=C/c2cn(CC(=O)NC[C@H]3CCCO3)c3ccccc23)SC1=S. The van der Waals surface area contributed by atoms with E-state index in [1.165, 1.54) is 11.8 Å². The summed E-state index contributed by atoms with van der Waals surface area (Å²) in [4.78, 5) is 27.7. The second kappa shape index (κ2) is 9.54. The van der Waals surface area contributed by atoms with E-state index < -0.39 is 0 Å². The number of ether oxygens (including phenoxy) is 1. The van der Waals surface area contributed by atoms with Gasteiger partial charge in [-0.25, -0.2) is 0 Å². The minimum Gasteiger partial charge on any atom is -0.376 e. The van der Waals surface area contributed by atoms with Gasteiger partial charge in [0, 0.05) is 42.4 Å². The molecular formula is C23H27N3O3S2. The first-order valence-corrected chi connectivity index (χ1v) is 11.9. The fourth-order valence-corrected chi connectivity index (χ4v) is 5.19. The lowest BCUT2D eigenvalue weighted by Crippen LogP contribution is -2.34. The number of benzene rings is 1. The van der Waals surface area contributed by atoms with Gasteiger partial charge >= 0.3 is 0 Å². The van der Waals surface area contributed by atoms with Gasteiger partial charge in [0.05, 0.1) is 11.0 Å². The minimum atomic E-state index is -0.0499. The number of nitrogens with zero attached hydrogens (tertiary/aromatic N) is 2. The topological polar surface area (TPSA) is 63.6 Å². The molecule has 1 atom stereocenters. The van der Waals surface area contributed by atoms with Gasteiger partial charge < -0.3 is 14.6 Å². The van der Waals surface area contributed by atoms with Crippen LogP contribution in [0.25, 0.3) is 17.0 Å². The normalized spacial score (nSPS) is 20.5. The smallest absolute Gasteiger partial charge is 0.266 e. The van der Waals surface area contributed by atoms with Crippen LogP contribution in [0.3, 0.4) is 0 Å². The molecule has 8 heteroatoms. The van der Waals surface area contributed by atoms with Crippen LogP contribution in [0.5, 0.6) is 0 Å². The Labute approximate surface area is 192 Å². The molecule has 0 radical (unpaired) electrons. The van der Waals surface area contributed by atoms with E-state index >= 15 is 0 Å². The molecule has 1 N–H and O–H groups in total. The molecule has 2 aliphatic heterocycles. The van der Waals surface area contributed by atoms with E-state index in [1.54, 1.807) is 4.90 Å². The quantitative estimate of drug-likeness (QED) is 0.506. The van der Waals surface area contributed by atoms with Gasteiger partial charge in [0.2, 0.25) is 5.91 Å². The molecule has 3 heterocycles. The second-order valence-electron chi connectivity index (χ2n) is 8.35. The van der Waals surface area contributed by atoms with Crippen LogP contribution in [0.1, 0.15) is 32.3 Å². The maximum atomic E-state index is 12.9. The summed E-state index contributed by atoms with van der Waals surface area (Å²) in [5.74, 6) is 0.248. The average Bonchev–Trinajstić information content (AvgIpc) is 3.43. The van der Waals surface area contributed by atoms with Gasteiger partial charge in [-0.05, 0) is 30.9 Å². The van der Waals surface area contributed by atoms with Crippen LogP contribution in [-0.2, 0) is 20.9 Å². The van der Waals surface area contributed by atoms with Crippen molar-refractivity contribution < 1.29 is 14.3 Å². The predicted molar refractivity (Wildman–Crippen MR) is 129 cm³/mol. The van der Waals surface area contributed by atoms with E-state index in [9.17, 15) is 9.59 Å². The van der Waals surface area contributed by atoms with Crippen molar-refractivity contribution >= 4 is 57.1 Å². The summed E-state index contributed by atoms with van der Waals surface area (Å²) < 4.78 is 8.11. The van der Waals surface area contributed by atoms with Crippen LogP contribution in [0, 0.1) is 5.92 Å². The summed E-state index contributed by atoms with van der Waals surface area (Å²) in [5.41, 5.74) is 1.87. The summed E-state index contributed by atoms with van der Waals surface area (Å²) in [6, 6.07) is 7.92. The maximum absolute atomic E-state index is 12.9. The third-order valence-electron chi connectivity index (χ3n) is 5.39. The first-order chi connectivity index (χ1) is 14.9. The molecule has 31 heavy (non-hydrogen) atoms. The Bertz CT molecular complexity index is 1040. The maximum Gasteiger partial charge on any atom is 0.266 e. The Morgan fingerprint density at radius 1 is 1.39 bits per heavy atom. The average molecular weight is 458 g/mol. The standard InChI is InChI=1S/C23H27N3O3S2/c1-15(2)12-26-22(28)20(31-23(26)30)10-16-13-25(19-8-4-3-7-18(16)19)14-21(27)24-11-17-6-5-9-29-17/h3-4,7-8,10,13,15,17H,5-6,9,11-12,14H2,1-2H3,(H,24,27)/b20-10-/t17-/m1/s1. The van der Waals surface area contributed by atoms with Gasteiger partial charge in [-0.15, -0.1) is 0 Å². The molecule has 0 saturated carbocycles. The highest BCUT2D eigenvalue weighted by molar-refractivity contribution is 8.26. The molecule has 0 spiro atoms. The van der Waals surface area contributed by atoms with Gasteiger partial charge in [0.15, 0.2) is 0 Å². The zero-order valence-corrected chi connectivity index (χ0v) is 19.4. The van der Waals surface area contributed by atoms with E-state index in [2.05, 4.69) is 19.2 Å². The van der Waals surface area contributed by atoms with Crippen molar-refractivity contribution in [3.05, 3.63) is 40.9 Å². The van der Waals surface area contributed by atoms with Crippen LogP contribution in [0.4, 0.5) is 0 Å². The Hall–Kier alpha value is -2.16. The van der Waals surface area contributed by atoms with Crippen LogP contribution in [0.15, 0.2) is 35.4 Å². The molecule has 1 aromatic carbocycles. The van der Waals surface area contributed by atoms with Crippen LogP contribution < -0.4 is 5.32 Å². The van der Waals surface area contributed by atoms with E-state index in [4.69, 9.17) is 17.0 Å². The molecule has 0 unspecified atom stereocenters. The fourth-order valence-electron chi connectivity index (χ4n) is 3.93. The predicted octanol–water partition coefficient (Wildman–Crippen LogP) is 3.79. The number of fused-ring (bicyclic) bond motifs is 1.